The van der Waals surface area contributed by atoms with Gasteiger partial charge in [0.25, 0.3) is 11.6 Å². The summed E-state index contributed by atoms with van der Waals surface area (Å²) in [6, 6.07) is 8.71. The number of fused-ring (bicyclic) bond motifs is 1. The van der Waals surface area contributed by atoms with Crippen molar-refractivity contribution >= 4 is 28.9 Å². The Kier molecular flexibility index (Phi) is 3.56. The zero-order valence-electron chi connectivity index (χ0n) is 11.0. The topological polar surface area (TPSA) is 90.7 Å². The molecule has 22 heavy (non-hydrogen) atoms. The van der Waals surface area contributed by atoms with Gasteiger partial charge in [0.15, 0.2) is 11.5 Å². The Morgan fingerprint density at radius 1 is 1.18 bits per heavy atom. The maximum Gasteiger partial charge on any atom is 0.283 e. The third kappa shape index (κ3) is 2.66. The van der Waals surface area contributed by atoms with Crippen molar-refractivity contribution in [2.24, 2.45) is 0 Å². The summed E-state index contributed by atoms with van der Waals surface area (Å²) in [6.45, 7) is 0.120. The zero-order chi connectivity index (χ0) is 15.7. The van der Waals surface area contributed by atoms with Gasteiger partial charge in [-0.15, -0.1) is 0 Å². The number of hydrogen-bond donors (Lipinski definition) is 1. The molecular formula is C14H9ClN2O5. The minimum Gasteiger partial charge on any atom is -0.454 e. The molecular weight excluding hydrogens is 312 g/mol. The number of ether oxygens (including phenoxy) is 2. The van der Waals surface area contributed by atoms with E-state index in [0.29, 0.717) is 17.2 Å². The number of amides is 1. The average molecular weight is 321 g/mol. The van der Waals surface area contributed by atoms with Gasteiger partial charge in [-0.1, -0.05) is 11.6 Å². The normalized spacial score (nSPS) is 12.0. The summed E-state index contributed by atoms with van der Waals surface area (Å²) in [4.78, 5) is 22.6. The molecule has 1 N–H and O–H groups in total. The lowest BCUT2D eigenvalue weighted by atomic mass is 10.1. The summed E-state index contributed by atoms with van der Waals surface area (Å²) in [5, 5.41) is 13.8. The van der Waals surface area contributed by atoms with E-state index in [9.17, 15) is 14.9 Å². The van der Waals surface area contributed by atoms with E-state index in [1.807, 2.05) is 0 Å². The number of nitro groups is 1. The molecule has 2 aromatic carbocycles. The van der Waals surface area contributed by atoms with Crippen LogP contribution in [0.3, 0.4) is 0 Å². The van der Waals surface area contributed by atoms with E-state index < -0.39 is 10.8 Å². The van der Waals surface area contributed by atoms with E-state index >= 15 is 0 Å². The number of halogens is 1. The molecule has 1 aliphatic heterocycles. The van der Waals surface area contributed by atoms with Crippen LogP contribution in [0.15, 0.2) is 36.4 Å². The van der Waals surface area contributed by atoms with Crippen LogP contribution in [0, 0.1) is 10.1 Å². The van der Waals surface area contributed by atoms with E-state index in [2.05, 4.69) is 5.32 Å². The highest BCUT2D eigenvalue weighted by molar-refractivity contribution is 6.31. The zero-order valence-corrected chi connectivity index (χ0v) is 11.8. The molecule has 0 aliphatic carbocycles. The summed E-state index contributed by atoms with van der Waals surface area (Å²) in [5.74, 6) is 0.473. The number of nitro benzene ring substituents is 1. The van der Waals surface area contributed by atoms with Gasteiger partial charge in [-0.2, -0.15) is 0 Å². The molecule has 1 heterocycles. The lowest BCUT2D eigenvalue weighted by molar-refractivity contribution is -0.385. The van der Waals surface area contributed by atoms with Crippen LogP contribution in [-0.2, 0) is 0 Å². The van der Waals surface area contributed by atoms with Crippen molar-refractivity contribution in [2.75, 3.05) is 12.1 Å². The maximum atomic E-state index is 12.2. The molecule has 3 rings (SSSR count). The fourth-order valence-corrected chi connectivity index (χ4v) is 2.19. The fraction of sp³-hybridized carbons (Fsp3) is 0.0714. The van der Waals surface area contributed by atoms with Crippen LogP contribution in [0.2, 0.25) is 5.02 Å². The van der Waals surface area contributed by atoms with Crippen molar-refractivity contribution in [3.63, 3.8) is 0 Å². The molecule has 0 unspecified atom stereocenters. The Morgan fingerprint density at radius 3 is 2.73 bits per heavy atom. The molecule has 0 radical (unpaired) electrons. The fourth-order valence-electron chi connectivity index (χ4n) is 2.02. The van der Waals surface area contributed by atoms with Gasteiger partial charge >= 0.3 is 0 Å². The first-order valence-electron chi connectivity index (χ1n) is 6.19. The minimum absolute atomic E-state index is 0.0768. The highest BCUT2D eigenvalue weighted by Gasteiger charge is 2.21. The highest BCUT2D eigenvalue weighted by Crippen LogP contribution is 2.34. The Labute approximate surface area is 129 Å². The highest BCUT2D eigenvalue weighted by atomic mass is 35.5. The van der Waals surface area contributed by atoms with Crippen molar-refractivity contribution in [3.05, 3.63) is 57.1 Å². The first kappa shape index (κ1) is 14.2. The summed E-state index contributed by atoms with van der Waals surface area (Å²) >= 11 is 5.72. The van der Waals surface area contributed by atoms with Crippen molar-refractivity contribution in [1.82, 2.24) is 0 Å². The third-order valence-corrected chi connectivity index (χ3v) is 3.27. The molecule has 1 amide bonds. The number of hydrogen-bond acceptors (Lipinski definition) is 5. The van der Waals surface area contributed by atoms with Crippen molar-refractivity contribution in [2.45, 2.75) is 0 Å². The second kappa shape index (κ2) is 5.53. The Balaban J connectivity index is 1.87. The predicted octanol–water partition coefficient (Wildman–Crippen LogP) is 3.23. The second-order valence-corrected chi connectivity index (χ2v) is 4.88. The van der Waals surface area contributed by atoms with Crippen LogP contribution in [0.1, 0.15) is 10.4 Å². The smallest absolute Gasteiger partial charge is 0.283 e. The van der Waals surface area contributed by atoms with Gasteiger partial charge < -0.3 is 14.8 Å². The van der Waals surface area contributed by atoms with Crippen LogP contribution in [0.5, 0.6) is 11.5 Å². The van der Waals surface area contributed by atoms with Crippen LogP contribution >= 0.6 is 11.6 Å². The minimum atomic E-state index is -0.652. The number of rotatable bonds is 3. The second-order valence-electron chi connectivity index (χ2n) is 4.44. The van der Waals surface area contributed by atoms with Crippen LogP contribution in [-0.4, -0.2) is 17.6 Å². The monoisotopic (exact) mass is 320 g/mol. The van der Waals surface area contributed by atoms with E-state index in [1.54, 1.807) is 18.2 Å². The van der Waals surface area contributed by atoms with Gasteiger partial charge in [0, 0.05) is 22.8 Å². The first-order valence-corrected chi connectivity index (χ1v) is 6.57. The molecule has 0 spiro atoms. The van der Waals surface area contributed by atoms with Gasteiger partial charge in [0.2, 0.25) is 6.79 Å². The first-order chi connectivity index (χ1) is 10.5. The van der Waals surface area contributed by atoms with Crippen LogP contribution in [0.25, 0.3) is 0 Å². The average Bonchev–Trinajstić information content (AvgIpc) is 2.94. The van der Waals surface area contributed by atoms with Gasteiger partial charge in [-0.3, -0.25) is 14.9 Å². The van der Waals surface area contributed by atoms with E-state index in [-0.39, 0.29) is 23.1 Å². The maximum absolute atomic E-state index is 12.2. The number of carbonyl (C=O) groups excluding carboxylic acids is 1. The van der Waals surface area contributed by atoms with Gasteiger partial charge in [-0.25, -0.2) is 0 Å². The third-order valence-electron chi connectivity index (χ3n) is 3.03. The van der Waals surface area contributed by atoms with Crippen molar-refractivity contribution in [3.8, 4) is 11.5 Å². The molecule has 0 saturated carbocycles. The Bertz CT molecular complexity index is 778. The summed E-state index contributed by atoms with van der Waals surface area (Å²) in [7, 11) is 0. The molecule has 0 bridgehead atoms. The Morgan fingerprint density at radius 2 is 1.95 bits per heavy atom. The van der Waals surface area contributed by atoms with Gasteiger partial charge in [0.1, 0.15) is 5.56 Å². The van der Waals surface area contributed by atoms with Crippen LogP contribution in [0.4, 0.5) is 11.4 Å². The standard InChI is InChI=1S/C14H9ClN2O5/c15-8-1-3-10(11(5-8)17(19)20)14(18)16-9-2-4-12-13(6-9)22-7-21-12/h1-6H,7H2,(H,16,18). The quantitative estimate of drug-likeness (QED) is 0.692. The van der Waals surface area contributed by atoms with Crippen molar-refractivity contribution in [1.29, 1.82) is 0 Å². The predicted molar refractivity (Wildman–Crippen MR) is 78.6 cm³/mol. The molecule has 0 saturated heterocycles. The molecule has 7 nitrogen and oxygen atoms in total. The largest absolute Gasteiger partial charge is 0.454 e. The van der Waals surface area contributed by atoms with E-state index in [0.717, 1.165) is 6.07 Å². The van der Waals surface area contributed by atoms with Crippen molar-refractivity contribution < 1.29 is 19.2 Å². The molecule has 0 fully saturated rings. The van der Waals surface area contributed by atoms with Gasteiger partial charge in [0.05, 0.1) is 4.92 Å². The molecule has 112 valence electrons. The number of benzene rings is 2. The van der Waals surface area contributed by atoms with E-state index in [4.69, 9.17) is 21.1 Å². The molecule has 0 atom stereocenters. The summed E-state index contributed by atoms with van der Waals surface area (Å²) in [6.07, 6.45) is 0. The van der Waals surface area contributed by atoms with Gasteiger partial charge in [-0.05, 0) is 24.3 Å². The summed E-state index contributed by atoms with van der Waals surface area (Å²) in [5.41, 5.74) is 0.0105. The molecule has 2 aromatic rings. The number of nitrogens with zero attached hydrogens (tertiary/aromatic N) is 1. The number of anilines is 1. The summed E-state index contributed by atoms with van der Waals surface area (Å²) < 4.78 is 10.4. The number of carbonyl (C=O) groups is 1. The number of nitrogens with one attached hydrogen (secondary N) is 1. The molecule has 0 aromatic heterocycles. The Hall–Kier alpha value is -2.80. The van der Waals surface area contributed by atoms with Crippen LogP contribution < -0.4 is 14.8 Å². The lowest BCUT2D eigenvalue weighted by Crippen LogP contribution is -2.13. The molecule has 1 aliphatic rings. The molecule has 8 heteroatoms. The lowest BCUT2D eigenvalue weighted by Gasteiger charge is -2.07. The van der Waals surface area contributed by atoms with E-state index in [1.165, 1.54) is 12.1 Å². The SMILES string of the molecule is O=C(Nc1ccc2c(c1)OCO2)c1ccc(Cl)cc1[N+](=O)[O-].